The maximum absolute atomic E-state index is 15.0. The fraction of sp³-hybridized carbons (Fsp3) is 0.290. The number of halogens is 4. The Morgan fingerprint density at radius 1 is 0.657 bits per heavy atom. The molecule has 0 saturated carbocycles. The standard InChI is InChI=1S/C31H30F4/c1-3-5-20-6-11-23(12-7-20)26-18-19-27(31(35)30(26)34)24-13-8-21(9-14-24)10-15-25-17-16-22(4-2)28(32)29(25)33/h6-9,11-14,17-19,22H,3-5,10,15-16H2,1-2H3/t22-/m0/s1. The van der Waals surface area contributed by atoms with Crippen molar-refractivity contribution in [1.82, 2.24) is 0 Å². The molecule has 0 nitrogen and oxygen atoms in total. The lowest BCUT2D eigenvalue weighted by atomic mass is 9.90. The number of hydrogen-bond acceptors (Lipinski definition) is 0. The second kappa shape index (κ2) is 11.1. The van der Waals surface area contributed by atoms with Gasteiger partial charge < -0.3 is 0 Å². The third kappa shape index (κ3) is 5.42. The SMILES string of the molecule is CCCc1ccc(-c2ccc(-c3ccc(CCC4=CC[C@H](CC)C(F)=C4F)cc3)c(F)c2F)cc1. The predicted octanol–water partition coefficient (Wildman–Crippen LogP) is 9.69. The minimum absolute atomic E-state index is 0.192. The smallest absolute Gasteiger partial charge is 0.167 e. The molecule has 0 heterocycles. The first-order valence-electron chi connectivity index (χ1n) is 12.3. The molecule has 1 aliphatic carbocycles. The van der Waals surface area contributed by atoms with Crippen LogP contribution >= 0.6 is 0 Å². The largest absolute Gasteiger partial charge is 0.208 e. The average molecular weight is 479 g/mol. The van der Waals surface area contributed by atoms with Gasteiger partial charge in [-0.05, 0) is 59.9 Å². The van der Waals surface area contributed by atoms with Gasteiger partial charge in [0.1, 0.15) is 5.83 Å². The van der Waals surface area contributed by atoms with Crippen LogP contribution in [0.25, 0.3) is 22.3 Å². The molecular weight excluding hydrogens is 448 g/mol. The molecule has 0 bridgehead atoms. The lowest BCUT2D eigenvalue weighted by molar-refractivity contribution is 0.407. The van der Waals surface area contributed by atoms with Crippen LogP contribution in [0.1, 0.15) is 50.7 Å². The van der Waals surface area contributed by atoms with E-state index < -0.39 is 23.3 Å². The molecule has 1 atom stereocenters. The lowest BCUT2D eigenvalue weighted by Crippen LogP contribution is -2.07. The quantitative estimate of drug-likeness (QED) is 0.283. The van der Waals surface area contributed by atoms with E-state index in [1.54, 1.807) is 30.3 Å². The summed E-state index contributed by atoms with van der Waals surface area (Å²) in [6.45, 7) is 3.95. The normalized spacial score (nSPS) is 15.9. The summed E-state index contributed by atoms with van der Waals surface area (Å²) in [7, 11) is 0. The highest BCUT2D eigenvalue weighted by Gasteiger charge is 2.24. The van der Waals surface area contributed by atoms with Crippen LogP contribution in [0.3, 0.4) is 0 Å². The Kier molecular flexibility index (Phi) is 7.90. The van der Waals surface area contributed by atoms with Crippen LogP contribution in [-0.2, 0) is 12.8 Å². The number of aryl methyl sites for hydroxylation is 2. The molecule has 3 aromatic rings. The molecule has 0 amide bonds. The van der Waals surface area contributed by atoms with E-state index in [9.17, 15) is 13.2 Å². The summed E-state index contributed by atoms with van der Waals surface area (Å²) in [5.41, 5.74) is 4.13. The zero-order chi connectivity index (χ0) is 24.9. The Morgan fingerprint density at radius 2 is 1.17 bits per heavy atom. The Hall–Kier alpha value is -3.14. The minimum Gasteiger partial charge on any atom is -0.208 e. The fourth-order valence-corrected chi connectivity index (χ4v) is 4.63. The first kappa shape index (κ1) is 25.0. The maximum atomic E-state index is 15.0. The van der Waals surface area contributed by atoms with Crippen molar-refractivity contribution in [3.8, 4) is 22.3 Å². The highest BCUT2D eigenvalue weighted by atomic mass is 19.2. The van der Waals surface area contributed by atoms with Crippen molar-refractivity contribution in [2.75, 3.05) is 0 Å². The lowest BCUT2D eigenvalue weighted by Gasteiger charge is -2.19. The van der Waals surface area contributed by atoms with Gasteiger partial charge in [0, 0.05) is 17.0 Å². The molecule has 0 aromatic heterocycles. The van der Waals surface area contributed by atoms with Gasteiger partial charge in [-0.1, -0.05) is 87.0 Å². The van der Waals surface area contributed by atoms with Crippen molar-refractivity contribution in [3.05, 3.63) is 107 Å². The van der Waals surface area contributed by atoms with Crippen molar-refractivity contribution in [2.24, 2.45) is 5.92 Å². The van der Waals surface area contributed by atoms with Gasteiger partial charge in [0.2, 0.25) is 0 Å². The number of benzene rings is 3. The Balaban J connectivity index is 1.47. The van der Waals surface area contributed by atoms with Gasteiger partial charge in [-0.15, -0.1) is 0 Å². The van der Waals surface area contributed by atoms with E-state index in [0.717, 1.165) is 18.4 Å². The Morgan fingerprint density at radius 3 is 1.66 bits per heavy atom. The van der Waals surface area contributed by atoms with Gasteiger partial charge in [0.25, 0.3) is 0 Å². The van der Waals surface area contributed by atoms with Crippen molar-refractivity contribution in [1.29, 1.82) is 0 Å². The summed E-state index contributed by atoms with van der Waals surface area (Å²) >= 11 is 0. The minimum atomic E-state index is -0.881. The molecule has 0 aliphatic heterocycles. The van der Waals surface area contributed by atoms with Gasteiger partial charge in [-0.2, -0.15) is 0 Å². The summed E-state index contributed by atoms with van der Waals surface area (Å²) in [5, 5.41) is 0. The van der Waals surface area contributed by atoms with E-state index >= 15 is 4.39 Å². The second-order valence-corrected chi connectivity index (χ2v) is 9.16. The number of hydrogen-bond donors (Lipinski definition) is 0. The zero-order valence-electron chi connectivity index (χ0n) is 20.2. The van der Waals surface area contributed by atoms with Crippen LogP contribution in [0, 0.1) is 17.6 Å². The van der Waals surface area contributed by atoms with Crippen LogP contribution in [0.15, 0.2) is 84.0 Å². The van der Waals surface area contributed by atoms with E-state index in [1.165, 1.54) is 5.56 Å². The van der Waals surface area contributed by atoms with Gasteiger partial charge in [0.15, 0.2) is 17.5 Å². The van der Waals surface area contributed by atoms with E-state index in [4.69, 9.17) is 0 Å². The third-order valence-corrected chi connectivity index (χ3v) is 6.83. The van der Waals surface area contributed by atoms with Crippen LogP contribution in [0.4, 0.5) is 17.6 Å². The molecule has 4 rings (SSSR count). The molecule has 182 valence electrons. The van der Waals surface area contributed by atoms with Gasteiger partial charge in [-0.25, -0.2) is 17.6 Å². The number of allylic oxidation sites excluding steroid dienone is 4. The van der Waals surface area contributed by atoms with Crippen LogP contribution in [0.5, 0.6) is 0 Å². The highest BCUT2D eigenvalue weighted by molar-refractivity contribution is 5.72. The summed E-state index contributed by atoms with van der Waals surface area (Å²) in [5.74, 6) is -3.47. The second-order valence-electron chi connectivity index (χ2n) is 9.16. The number of rotatable bonds is 8. The first-order chi connectivity index (χ1) is 16.9. The predicted molar refractivity (Wildman–Crippen MR) is 135 cm³/mol. The maximum Gasteiger partial charge on any atom is 0.167 e. The van der Waals surface area contributed by atoms with Crippen LogP contribution in [-0.4, -0.2) is 0 Å². The van der Waals surface area contributed by atoms with Crippen LogP contribution in [0.2, 0.25) is 0 Å². The van der Waals surface area contributed by atoms with Gasteiger partial charge in [0.05, 0.1) is 0 Å². The summed E-state index contributed by atoms with van der Waals surface area (Å²) < 4.78 is 58.4. The van der Waals surface area contributed by atoms with Crippen LogP contribution < -0.4 is 0 Å². The van der Waals surface area contributed by atoms with Gasteiger partial charge in [-0.3, -0.25) is 0 Å². The van der Waals surface area contributed by atoms with Crippen molar-refractivity contribution < 1.29 is 17.6 Å². The monoisotopic (exact) mass is 478 g/mol. The average Bonchev–Trinajstić information content (AvgIpc) is 2.88. The van der Waals surface area contributed by atoms with Crippen molar-refractivity contribution in [2.45, 2.75) is 52.4 Å². The molecule has 0 saturated heterocycles. The molecule has 1 aliphatic rings. The fourth-order valence-electron chi connectivity index (χ4n) is 4.63. The molecule has 4 heteroatoms. The third-order valence-electron chi connectivity index (χ3n) is 6.83. The molecular formula is C31H30F4. The first-order valence-corrected chi connectivity index (χ1v) is 12.3. The molecule has 0 N–H and O–H groups in total. The summed E-state index contributed by atoms with van der Waals surface area (Å²) in [6.07, 6.45) is 5.79. The zero-order valence-corrected chi connectivity index (χ0v) is 20.2. The highest BCUT2D eigenvalue weighted by Crippen LogP contribution is 2.36. The molecule has 0 radical (unpaired) electrons. The summed E-state index contributed by atoms with van der Waals surface area (Å²) in [6, 6.07) is 17.9. The Bertz CT molecular complexity index is 1230. The van der Waals surface area contributed by atoms with E-state index in [-0.39, 0.29) is 17.0 Å². The van der Waals surface area contributed by atoms with E-state index in [1.807, 2.05) is 43.3 Å². The molecule has 3 aromatic carbocycles. The Labute approximate surface area is 205 Å². The summed E-state index contributed by atoms with van der Waals surface area (Å²) in [4.78, 5) is 0. The van der Waals surface area contributed by atoms with Gasteiger partial charge >= 0.3 is 0 Å². The topological polar surface area (TPSA) is 0 Å². The van der Waals surface area contributed by atoms with Crippen molar-refractivity contribution >= 4 is 0 Å². The van der Waals surface area contributed by atoms with E-state index in [2.05, 4.69) is 6.92 Å². The van der Waals surface area contributed by atoms with Crippen molar-refractivity contribution in [3.63, 3.8) is 0 Å². The molecule has 0 fully saturated rings. The molecule has 35 heavy (non-hydrogen) atoms. The molecule has 0 unspecified atom stereocenters. The van der Waals surface area contributed by atoms with E-state index in [0.29, 0.717) is 42.4 Å². The molecule has 0 spiro atoms.